The number of nitrogens with zero attached hydrogens (tertiary/aromatic N) is 3. The normalized spacial score (nSPS) is 15.4. The molecule has 2 heterocycles. The Morgan fingerprint density at radius 3 is 2.91 bits per heavy atom. The minimum absolute atomic E-state index is 0.0722. The van der Waals surface area contributed by atoms with Gasteiger partial charge in [-0.15, -0.1) is 0 Å². The highest BCUT2D eigenvalue weighted by molar-refractivity contribution is 5.88. The van der Waals surface area contributed by atoms with Gasteiger partial charge in [0.25, 0.3) is 0 Å². The van der Waals surface area contributed by atoms with Gasteiger partial charge < -0.3 is 9.73 Å². The van der Waals surface area contributed by atoms with Gasteiger partial charge in [-0.3, -0.25) is 5.32 Å². The van der Waals surface area contributed by atoms with Crippen LogP contribution >= 0.6 is 0 Å². The van der Waals surface area contributed by atoms with Crippen molar-refractivity contribution < 1.29 is 9.21 Å². The van der Waals surface area contributed by atoms with Gasteiger partial charge in [0, 0.05) is 18.0 Å². The molecule has 0 spiro atoms. The van der Waals surface area contributed by atoms with E-state index in [0.29, 0.717) is 11.7 Å². The Balaban J connectivity index is 1.55. The molecule has 0 unspecified atom stereocenters. The fourth-order valence-corrected chi connectivity index (χ4v) is 2.04. The molecule has 2 N–H and O–H groups in total. The highest BCUT2D eigenvalue weighted by Gasteiger charge is 2.42. The quantitative estimate of drug-likeness (QED) is 0.884. The third kappa shape index (κ3) is 3.24. The van der Waals surface area contributed by atoms with E-state index in [4.69, 9.17) is 4.42 Å². The maximum atomic E-state index is 11.9. The predicted octanol–water partition coefficient (Wildman–Crippen LogP) is 2.40. The summed E-state index contributed by atoms with van der Waals surface area (Å²) in [6.45, 7) is 4.35. The molecule has 0 bridgehead atoms. The summed E-state index contributed by atoms with van der Waals surface area (Å²) < 4.78 is 5.43. The van der Waals surface area contributed by atoms with Crippen molar-refractivity contribution >= 4 is 11.8 Å². The SMILES string of the molecule is CCc1cnc(CNC(=O)Nc2ccnc(C3(C)CC3)n2)o1. The van der Waals surface area contributed by atoms with Crippen LogP contribution in [-0.2, 0) is 18.4 Å². The summed E-state index contributed by atoms with van der Waals surface area (Å²) in [6, 6.07) is 1.33. The molecule has 3 rings (SSSR count). The number of aromatic nitrogens is 3. The number of rotatable bonds is 5. The van der Waals surface area contributed by atoms with Crippen molar-refractivity contribution in [3.8, 4) is 0 Å². The van der Waals surface area contributed by atoms with Crippen LogP contribution in [0.4, 0.5) is 10.6 Å². The van der Waals surface area contributed by atoms with E-state index in [9.17, 15) is 4.79 Å². The summed E-state index contributed by atoms with van der Waals surface area (Å²) in [5.41, 5.74) is 0.0722. The molecule has 2 amide bonds. The standard InChI is InChI=1S/C15H19N5O2/c1-3-10-8-17-12(22-10)9-18-14(21)20-11-4-7-16-13(19-11)15(2)5-6-15/h4,7-8H,3,5-6,9H2,1-2H3,(H2,16,18,19,20,21). The highest BCUT2D eigenvalue weighted by atomic mass is 16.4. The van der Waals surface area contributed by atoms with Crippen molar-refractivity contribution in [3.63, 3.8) is 0 Å². The van der Waals surface area contributed by atoms with Crippen LogP contribution in [0.2, 0.25) is 0 Å². The largest absolute Gasteiger partial charge is 0.444 e. The molecular formula is C15H19N5O2. The fourth-order valence-electron chi connectivity index (χ4n) is 2.04. The molecule has 0 aliphatic heterocycles. The lowest BCUT2D eigenvalue weighted by atomic mass is 10.1. The number of urea groups is 1. The number of carbonyl (C=O) groups excluding carboxylic acids is 1. The van der Waals surface area contributed by atoms with Gasteiger partial charge in [0.2, 0.25) is 5.89 Å². The monoisotopic (exact) mass is 301 g/mol. The Bertz CT molecular complexity index is 678. The zero-order chi connectivity index (χ0) is 15.6. The molecular weight excluding hydrogens is 282 g/mol. The highest BCUT2D eigenvalue weighted by Crippen LogP contribution is 2.45. The van der Waals surface area contributed by atoms with Crippen molar-refractivity contribution in [1.29, 1.82) is 0 Å². The van der Waals surface area contributed by atoms with Crippen LogP contribution in [0.1, 0.15) is 44.2 Å². The number of hydrogen-bond acceptors (Lipinski definition) is 5. The van der Waals surface area contributed by atoms with Crippen LogP contribution in [0.3, 0.4) is 0 Å². The minimum atomic E-state index is -0.346. The van der Waals surface area contributed by atoms with Gasteiger partial charge in [-0.1, -0.05) is 13.8 Å². The first-order valence-corrected chi connectivity index (χ1v) is 7.41. The van der Waals surface area contributed by atoms with E-state index in [1.54, 1.807) is 18.5 Å². The molecule has 0 radical (unpaired) electrons. The lowest BCUT2D eigenvalue weighted by Gasteiger charge is -2.09. The van der Waals surface area contributed by atoms with Crippen molar-refractivity contribution in [2.75, 3.05) is 5.32 Å². The van der Waals surface area contributed by atoms with Crippen LogP contribution in [-0.4, -0.2) is 21.0 Å². The topological polar surface area (TPSA) is 92.9 Å². The van der Waals surface area contributed by atoms with Crippen molar-refractivity contribution in [2.45, 2.75) is 45.1 Å². The Morgan fingerprint density at radius 1 is 1.41 bits per heavy atom. The first-order valence-electron chi connectivity index (χ1n) is 7.41. The zero-order valence-electron chi connectivity index (χ0n) is 12.7. The maximum absolute atomic E-state index is 11.9. The number of nitrogens with one attached hydrogen (secondary N) is 2. The minimum Gasteiger partial charge on any atom is -0.444 e. The lowest BCUT2D eigenvalue weighted by Crippen LogP contribution is -2.29. The number of oxazole rings is 1. The summed E-state index contributed by atoms with van der Waals surface area (Å²) in [5.74, 6) is 2.57. The molecule has 7 heteroatoms. The molecule has 116 valence electrons. The van der Waals surface area contributed by atoms with E-state index in [1.165, 1.54) is 0 Å². The number of amides is 2. The Kier molecular flexibility index (Phi) is 3.79. The number of hydrogen-bond donors (Lipinski definition) is 2. The average Bonchev–Trinajstić information content (AvgIpc) is 3.11. The lowest BCUT2D eigenvalue weighted by molar-refractivity contribution is 0.250. The maximum Gasteiger partial charge on any atom is 0.320 e. The molecule has 1 aliphatic carbocycles. The zero-order valence-corrected chi connectivity index (χ0v) is 12.7. The van der Waals surface area contributed by atoms with Gasteiger partial charge in [-0.25, -0.2) is 19.7 Å². The summed E-state index contributed by atoms with van der Waals surface area (Å²) in [4.78, 5) is 24.6. The van der Waals surface area contributed by atoms with E-state index in [2.05, 4.69) is 32.5 Å². The summed E-state index contributed by atoms with van der Waals surface area (Å²) >= 11 is 0. The second-order valence-electron chi connectivity index (χ2n) is 5.71. The summed E-state index contributed by atoms with van der Waals surface area (Å²) in [6.07, 6.45) is 6.30. The van der Waals surface area contributed by atoms with Crippen LogP contribution in [0.5, 0.6) is 0 Å². The molecule has 2 aromatic heterocycles. The number of aryl methyl sites for hydroxylation is 1. The predicted molar refractivity (Wildman–Crippen MR) is 80.4 cm³/mol. The van der Waals surface area contributed by atoms with Crippen LogP contribution in [0, 0.1) is 0 Å². The third-order valence-corrected chi connectivity index (χ3v) is 3.79. The van der Waals surface area contributed by atoms with Crippen molar-refractivity contribution in [3.05, 3.63) is 35.9 Å². The molecule has 2 aromatic rings. The molecule has 0 aromatic carbocycles. The van der Waals surface area contributed by atoms with E-state index in [-0.39, 0.29) is 18.0 Å². The molecule has 22 heavy (non-hydrogen) atoms. The third-order valence-electron chi connectivity index (χ3n) is 3.79. The smallest absolute Gasteiger partial charge is 0.320 e. The molecule has 1 fully saturated rings. The van der Waals surface area contributed by atoms with Gasteiger partial charge >= 0.3 is 6.03 Å². The number of anilines is 1. The molecule has 1 saturated carbocycles. The second-order valence-corrected chi connectivity index (χ2v) is 5.71. The molecule has 7 nitrogen and oxygen atoms in total. The average molecular weight is 301 g/mol. The van der Waals surface area contributed by atoms with Crippen LogP contribution < -0.4 is 10.6 Å². The molecule has 0 atom stereocenters. The first kappa shape index (κ1) is 14.5. The van der Waals surface area contributed by atoms with Gasteiger partial charge in [0.05, 0.1) is 12.7 Å². The van der Waals surface area contributed by atoms with Gasteiger partial charge in [0.15, 0.2) is 0 Å². The van der Waals surface area contributed by atoms with E-state index >= 15 is 0 Å². The van der Waals surface area contributed by atoms with Crippen molar-refractivity contribution in [2.24, 2.45) is 0 Å². The first-order chi connectivity index (χ1) is 10.6. The molecule has 0 saturated heterocycles. The second kappa shape index (κ2) is 5.75. The van der Waals surface area contributed by atoms with Gasteiger partial charge in [-0.05, 0) is 18.9 Å². The van der Waals surface area contributed by atoms with E-state index in [1.807, 2.05) is 6.92 Å². The van der Waals surface area contributed by atoms with E-state index < -0.39 is 0 Å². The summed E-state index contributed by atoms with van der Waals surface area (Å²) in [5, 5.41) is 5.39. The Hall–Kier alpha value is -2.44. The molecule has 1 aliphatic rings. The Morgan fingerprint density at radius 2 is 2.23 bits per heavy atom. The number of carbonyl (C=O) groups is 1. The van der Waals surface area contributed by atoms with E-state index in [0.717, 1.165) is 30.8 Å². The van der Waals surface area contributed by atoms with Crippen LogP contribution in [0.25, 0.3) is 0 Å². The van der Waals surface area contributed by atoms with Gasteiger partial charge in [0.1, 0.15) is 17.4 Å². The summed E-state index contributed by atoms with van der Waals surface area (Å²) in [7, 11) is 0. The fraction of sp³-hybridized carbons (Fsp3) is 0.467. The Labute approximate surface area is 128 Å². The van der Waals surface area contributed by atoms with Crippen LogP contribution in [0.15, 0.2) is 22.9 Å². The van der Waals surface area contributed by atoms with Gasteiger partial charge in [-0.2, -0.15) is 0 Å². The van der Waals surface area contributed by atoms with Crippen molar-refractivity contribution in [1.82, 2.24) is 20.3 Å².